The molecule has 0 saturated heterocycles. The summed E-state index contributed by atoms with van der Waals surface area (Å²) in [5, 5.41) is 0. The minimum absolute atomic E-state index is 0.581. The predicted octanol–water partition coefficient (Wildman–Crippen LogP) is 8.68. The van der Waals surface area contributed by atoms with Gasteiger partial charge in [-0.3, -0.25) is 4.98 Å². The summed E-state index contributed by atoms with van der Waals surface area (Å²) < 4.78 is 11.7. The molecule has 0 unspecified atom stereocenters. The Hall–Kier alpha value is -2.95. The Morgan fingerprint density at radius 1 is 0.622 bits per heavy atom. The van der Waals surface area contributed by atoms with Gasteiger partial charge in [0, 0.05) is 17.3 Å². The van der Waals surface area contributed by atoms with Gasteiger partial charge in [0.15, 0.2) is 0 Å². The number of ether oxygens (including phenoxy) is 2. The first-order valence-electron chi connectivity index (χ1n) is 14.5. The van der Waals surface area contributed by atoms with Crippen LogP contribution in [0.25, 0.3) is 22.5 Å². The number of unbranched alkanes of at least 4 members (excludes halogenated alkanes) is 8. The highest BCUT2D eigenvalue weighted by molar-refractivity contribution is 5.64. The van der Waals surface area contributed by atoms with Gasteiger partial charge < -0.3 is 9.47 Å². The summed E-state index contributed by atoms with van der Waals surface area (Å²) >= 11 is 0. The molecule has 37 heavy (non-hydrogen) atoms. The van der Waals surface area contributed by atoms with Crippen LogP contribution in [0.4, 0.5) is 0 Å². The molecular weight excluding hydrogens is 458 g/mol. The summed E-state index contributed by atoms with van der Waals surface area (Å²) in [6, 6.07) is 12.3. The molecule has 2 heterocycles. The first-order valence-corrected chi connectivity index (χ1v) is 14.5. The molecule has 0 N–H and O–H groups in total. The number of pyridine rings is 1. The Kier molecular flexibility index (Phi) is 11.2. The van der Waals surface area contributed by atoms with Crippen LogP contribution in [0.1, 0.15) is 90.4 Å². The molecule has 1 aliphatic rings. The molecular formula is C32H43N3O2. The van der Waals surface area contributed by atoms with Crippen molar-refractivity contribution >= 4 is 0 Å². The third-order valence-corrected chi connectivity index (χ3v) is 7.06. The summed E-state index contributed by atoms with van der Waals surface area (Å²) in [7, 11) is 0. The van der Waals surface area contributed by atoms with E-state index in [1.165, 1.54) is 70.6 Å². The molecule has 1 saturated carbocycles. The van der Waals surface area contributed by atoms with E-state index in [-0.39, 0.29) is 0 Å². The van der Waals surface area contributed by atoms with E-state index in [0.29, 0.717) is 12.5 Å². The van der Waals surface area contributed by atoms with Gasteiger partial charge in [-0.25, -0.2) is 9.97 Å². The lowest BCUT2D eigenvalue weighted by Gasteiger charge is -2.08. The van der Waals surface area contributed by atoms with Crippen LogP contribution in [0.5, 0.6) is 11.6 Å². The first-order chi connectivity index (χ1) is 18.3. The van der Waals surface area contributed by atoms with Gasteiger partial charge in [0.2, 0.25) is 5.88 Å². The summed E-state index contributed by atoms with van der Waals surface area (Å²) in [5.41, 5.74) is 3.74. The second-order valence-electron chi connectivity index (χ2n) is 10.3. The van der Waals surface area contributed by atoms with Crippen molar-refractivity contribution in [3.05, 3.63) is 55.0 Å². The van der Waals surface area contributed by atoms with Crippen molar-refractivity contribution in [2.45, 2.75) is 90.4 Å². The maximum atomic E-state index is 5.93. The van der Waals surface area contributed by atoms with Gasteiger partial charge in [0.05, 0.1) is 37.0 Å². The Morgan fingerprint density at radius 3 is 1.97 bits per heavy atom. The van der Waals surface area contributed by atoms with Crippen LogP contribution < -0.4 is 9.47 Å². The molecule has 0 spiro atoms. The van der Waals surface area contributed by atoms with Crippen molar-refractivity contribution in [2.24, 2.45) is 5.92 Å². The molecule has 0 atom stereocenters. The van der Waals surface area contributed by atoms with Gasteiger partial charge in [0.25, 0.3) is 0 Å². The molecule has 2 aromatic heterocycles. The minimum atomic E-state index is 0.581. The highest BCUT2D eigenvalue weighted by atomic mass is 16.5. The Bertz CT molecular complexity index is 1020. The maximum absolute atomic E-state index is 5.93. The second kappa shape index (κ2) is 15.3. The standard InChI is InChI=1S/C32H43N3O2/c1-2-3-4-5-7-11-22-37-32-25-34-31(24-35-32)28-17-20-30(33-23-28)27-15-18-29(19-16-27)36-21-10-8-6-9-12-26-13-14-26/h15-20,23-26H,2-14,21-22H2,1H3. The summed E-state index contributed by atoms with van der Waals surface area (Å²) in [5.74, 6) is 2.56. The van der Waals surface area contributed by atoms with E-state index in [4.69, 9.17) is 9.47 Å². The zero-order valence-electron chi connectivity index (χ0n) is 22.5. The Labute approximate surface area is 223 Å². The molecule has 5 nitrogen and oxygen atoms in total. The molecule has 3 aromatic rings. The second-order valence-corrected chi connectivity index (χ2v) is 10.3. The van der Waals surface area contributed by atoms with E-state index in [9.17, 15) is 0 Å². The van der Waals surface area contributed by atoms with Crippen molar-refractivity contribution < 1.29 is 9.47 Å². The van der Waals surface area contributed by atoms with Crippen LogP contribution in [0.3, 0.4) is 0 Å². The molecule has 1 fully saturated rings. The third kappa shape index (κ3) is 9.79. The number of nitrogens with zero attached hydrogens (tertiary/aromatic N) is 3. The van der Waals surface area contributed by atoms with Crippen molar-refractivity contribution in [2.75, 3.05) is 13.2 Å². The quantitative estimate of drug-likeness (QED) is 0.163. The normalized spacial score (nSPS) is 13.0. The zero-order valence-corrected chi connectivity index (χ0v) is 22.5. The Morgan fingerprint density at radius 2 is 1.30 bits per heavy atom. The SMILES string of the molecule is CCCCCCCCOc1cnc(-c2ccc(-c3ccc(OCCCCCCC4CC4)cc3)nc2)cn1. The third-order valence-electron chi connectivity index (χ3n) is 7.06. The molecule has 0 bridgehead atoms. The number of benzene rings is 1. The minimum Gasteiger partial charge on any atom is -0.494 e. The van der Waals surface area contributed by atoms with E-state index in [1.807, 2.05) is 30.5 Å². The van der Waals surface area contributed by atoms with Gasteiger partial charge in [-0.15, -0.1) is 0 Å². The van der Waals surface area contributed by atoms with Gasteiger partial charge in [-0.2, -0.15) is 0 Å². The predicted molar refractivity (Wildman–Crippen MR) is 151 cm³/mol. The van der Waals surface area contributed by atoms with Crippen LogP contribution >= 0.6 is 0 Å². The summed E-state index contributed by atoms with van der Waals surface area (Å²) in [4.78, 5) is 13.6. The number of hydrogen-bond donors (Lipinski definition) is 0. The molecule has 0 amide bonds. The van der Waals surface area contributed by atoms with Gasteiger partial charge in [-0.05, 0) is 55.2 Å². The van der Waals surface area contributed by atoms with Crippen LogP contribution in [0.15, 0.2) is 55.0 Å². The van der Waals surface area contributed by atoms with Crippen molar-refractivity contribution in [3.8, 4) is 34.1 Å². The number of rotatable bonds is 18. The van der Waals surface area contributed by atoms with E-state index < -0.39 is 0 Å². The van der Waals surface area contributed by atoms with Gasteiger partial charge >= 0.3 is 0 Å². The molecule has 198 valence electrons. The summed E-state index contributed by atoms with van der Waals surface area (Å²) in [6.07, 6.45) is 22.3. The molecule has 1 aliphatic carbocycles. The van der Waals surface area contributed by atoms with Crippen molar-refractivity contribution in [3.63, 3.8) is 0 Å². The molecule has 4 rings (SSSR count). The lowest BCUT2D eigenvalue weighted by molar-refractivity contribution is 0.292. The van der Waals surface area contributed by atoms with Crippen LogP contribution in [0.2, 0.25) is 0 Å². The highest BCUT2D eigenvalue weighted by Gasteiger charge is 2.19. The summed E-state index contributed by atoms with van der Waals surface area (Å²) in [6.45, 7) is 3.73. The smallest absolute Gasteiger partial charge is 0.232 e. The Balaban J connectivity index is 1.16. The molecule has 5 heteroatoms. The molecule has 0 radical (unpaired) electrons. The van der Waals surface area contributed by atoms with Crippen LogP contribution in [-0.4, -0.2) is 28.2 Å². The highest BCUT2D eigenvalue weighted by Crippen LogP contribution is 2.34. The van der Waals surface area contributed by atoms with Crippen molar-refractivity contribution in [1.29, 1.82) is 0 Å². The lowest BCUT2D eigenvalue weighted by Crippen LogP contribution is -2.00. The monoisotopic (exact) mass is 501 g/mol. The number of aromatic nitrogens is 3. The van der Waals surface area contributed by atoms with E-state index >= 15 is 0 Å². The van der Waals surface area contributed by atoms with Gasteiger partial charge in [-0.1, -0.05) is 77.6 Å². The zero-order chi connectivity index (χ0) is 25.5. The average Bonchev–Trinajstić information content (AvgIpc) is 3.77. The van der Waals surface area contributed by atoms with E-state index in [2.05, 4.69) is 34.0 Å². The van der Waals surface area contributed by atoms with Gasteiger partial charge in [0.1, 0.15) is 5.75 Å². The van der Waals surface area contributed by atoms with E-state index in [1.54, 1.807) is 12.4 Å². The first kappa shape index (κ1) is 27.1. The number of hydrogen-bond acceptors (Lipinski definition) is 5. The fourth-order valence-electron chi connectivity index (χ4n) is 4.52. The van der Waals surface area contributed by atoms with Crippen molar-refractivity contribution in [1.82, 2.24) is 15.0 Å². The van der Waals surface area contributed by atoms with E-state index in [0.717, 1.165) is 53.6 Å². The molecule has 1 aromatic carbocycles. The average molecular weight is 502 g/mol. The molecule has 0 aliphatic heterocycles. The fraction of sp³-hybridized carbons (Fsp3) is 0.531. The van der Waals surface area contributed by atoms with Crippen LogP contribution in [0, 0.1) is 5.92 Å². The topological polar surface area (TPSA) is 57.1 Å². The lowest BCUT2D eigenvalue weighted by atomic mass is 10.1. The van der Waals surface area contributed by atoms with Crippen LogP contribution in [-0.2, 0) is 0 Å². The largest absolute Gasteiger partial charge is 0.494 e. The fourth-order valence-corrected chi connectivity index (χ4v) is 4.52. The maximum Gasteiger partial charge on any atom is 0.232 e.